The average Bonchev–Trinajstić information content (AvgIpc) is 2.04. The summed E-state index contributed by atoms with van der Waals surface area (Å²) in [6.07, 6.45) is 0.367. The Morgan fingerprint density at radius 1 is 1.54 bits per heavy atom. The Balaban J connectivity index is 2.58. The molecule has 13 heavy (non-hydrogen) atoms. The van der Waals surface area contributed by atoms with E-state index in [0.717, 1.165) is 9.26 Å². The molecule has 0 aromatic heterocycles. The summed E-state index contributed by atoms with van der Waals surface area (Å²) in [6, 6.07) is 7.64. The number of halogens is 1. The highest BCUT2D eigenvalue weighted by molar-refractivity contribution is 14.1. The van der Waals surface area contributed by atoms with E-state index in [2.05, 4.69) is 27.9 Å². The van der Waals surface area contributed by atoms with Gasteiger partial charge in [0.2, 0.25) is 5.91 Å². The smallest absolute Gasteiger partial charge is 0.225 e. The van der Waals surface area contributed by atoms with Gasteiger partial charge < -0.3 is 11.1 Å². The topological polar surface area (TPSA) is 55.1 Å². The lowest BCUT2D eigenvalue weighted by atomic mass is 10.3. The number of hydrogen-bond acceptors (Lipinski definition) is 2. The van der Waals surface area contributed by atoms with Crippen molar-refractivity contribution in [1.29, 1.82) is 0 Å². The molecule has 4 heteroatoms. The maximum atomic E-state index is 11.1. The molecule has 0 unspecified atom stereocenters. The van der Waals surface area contributed by atoms with Gasteiger partial charge in [-0.1, -0.05) is 6.07 Å². The maximum absolute atomic E-state index is 11.1. The standard InChI is InChI=1S/C9H11IN2O/c10-7-2-1-3-8(6-7)12-9(13)4-5-11/h1-3,6H,4-5,11H2,(H,12,13). The van der Waals surface area contributed by atoms with E-state index in [4.69, 9.17) is 5.73 Å². The zero-order chi connectivity index (χ0) is 9.68. The second kappa shape index (κ2) is 5.18. The molecule has 0 saturated heterocycles. The Labute approximate surface area is 90.8 Å². The van der Waals surface area contributed by atoms with Crippen LogP contribution >= 0.6 is 22.6 Å². The summed E-state index contributed by atoms with van der Waals surface area (Å²) in [5.41, 5.74) is 6.08. The van der Waals surface area contributed by atoms with E-state index in [9.17, 15) is 4.79 Å². The lowest BCUT2D eigenvalue weighted by molar-refractivity contribution is -0.116. The van der Waals surface area contributed by atoms with Crippen molar-refractivity contribution < 1.29 is 4.79 Å². The van der Waals surface area contributed by atoms with Gasteiger partial charge in [-0.25, -0.2) is 0 Å². The van der Waals surface area contributed by atoms with Crippen molar-refractivity contribution in [3.63, 3.8) is 0 Å². The quantitative estimate of drug-likeness (QED) is 0.830. The molecule has 1 aromatic rings. The summed E-state index contributed by atoms with van der Waals surface area (Å²) in [4.78, 5) is 11.1. The van der Waals surface area contributed by atoms with Crippen LogP contribution in [-0.2, 0) is 4.79 Å². The van der Waals surface area contributed by atoms with Crippen LogP contribution in [0.5, 0.6) is 0 Å². The van der Waals surface area contributed by atoms with Gasteiger partial charge >= 0.3 is 0 Å². The first-order chi connectivity index (χ1) is 6.22. The average molecular weight is 290 g/mol. The van der Waals surface area contributed by atoms with Gasteiger partial charge in [-0.05, 0) is 40.8 Å². The van der Waals surface area contributed by atoms with E-state index in [1.54, 1.807) is 0 Å². The van der Waals surface area contributed by atoms with Gasteiger partial charge in [0.1, 0.15) is 0 Å². The van der Waals surface area contributed by atoms with Crippen LogP contribution in [0.15, 0.2) is 24.3 Å². The van der Waals surface area contributed by atoms with Crippen molar-refractivity contribution in [2.75, 3.05) is 11.9 Å². The fourth-order valence-electron chi connectivity index (χ4n) is 0.921. The molecule has 70 valence electrons. The van der Waals surface area contributed by atoms with E-state index in [-0.39, 0.29) is 5.91 Å². The minimum absolute atomic E-state index is 0.0375. The first kappa shape index (κ1) is 10.5. The number of carbonyl (C=O) groups is 1. The normalized spacial score (nSPS) is 9.69. The highest BCUT2D eigenvalue weighted by Gasteiger charge is 1.99. The Morgan fingerprint density at radius 3 is 2.92 bits per heavy atom. The number of benzene rings is 1. The highest BCUT2D eigenvalue weighted by Crippen LogP contribution is 2.12. The Kier molecular flexibility index (Phi) is 4.17. The molecule has 0 fully saturated rings. The maximum Gasteiger partial charge on any atom is 0.225 e. The van der Waals surface area contributed by atoms with Gasteiger partial charge in [0, 0.05) is 22.2 Å². The second-order valence-corrected chi connectivity index (χ2v) is 3.84. The Bertz CT molecular complexity index is 301. The zero-order valence-corrected chi connectivity index (χ0v) is 9.24. The fraction of sp³-hybridized carbons (Fsp3) is 0.222. The SMILES string of the molecule is NCCC(=O)Nc1cccc(I)c1. The van der Waals surface area contributed by atoms with Crippen molar-refractivity contribution in [2.24, 2.45) is 5.73 Å². The summed E-state index contributed by atoms with van der Waals surface area (Å²) in [7, 11) is 0. The van der Waals surface area contributed by atoms with Gasteiger partial charge in [0.25, 0.3) is 0 Å². The largest absolute Gasteiger partial charge is 0.330 e. The molecule has 0 radical (unpaired) electrons. The number of anilines is 1. The molecule has 3 N–H and O–H groups in total. The van der Waals surface area contributed by atoms with Crippen LogP contribution in [-0.4, -0.2) is 12.5 Å². The van der Waals surface area contributed by atoms with Gasteiger partial charge in [0.05, 0.1) is 0 Å². The Morgan fingerprint density at radius 2 is 2.31 bits per heavy atom. The van der Waals surface area contributed by atoms with E-state index in [1.807, 2.05) is 24.3 Å². The van der Waals surface area contributed by atoms with E-state index >= 15 is 0 Å². The molecule has 0 aliphatic rings. The van der Waals surface area contributed by atoms with Crippen LogP contribution in [0.3, 0.4) is 0 Å². The molecule has 0 aliphatic carbocycles. The summed E-state index contributed by atoms with van der Waals surface area (Å²) in [5.74, 6) is -0.0375. The minimum Gasteiger partial charge on any atom is -0.330 e. The predicted molar refractivity (Wildman–Crippen MR) is 61.5 cm³/mol. The molecule has 0 atom stereocenters. The number of amides is 1. The van der Waals surface area contributed by atoms with Crippen molar-refractivity contribution in [3.8, 4) is 0 Å². The van der Waals surface area contributed by atoms with Crippen molar-refractivity contribution in [2.45, 2.75) is 6.42 Å². The number of nitrogens with one attached hydrogen (secondary N) is 1. The minimum atomic E-state index is -0.0375. The van der Waals surface area contributed by atoms with E-state index in [1.165, 1.54) is 0 Å². The highest BCUT2D eigenvalue weighted by atomic mass is 127. The molecular weight excluding hydrogens is 279 g/mol. The van der Waals surface area contributed by atoms with Gasteiger partial charge in [-0.2, -0.15) is 0 Å². The van der Waals surface area contributed by atoms with E-state index < -0.39 is 0 Å². The fourth-order valence-corrected chi connectivity index (χ4v) is 1.46. The third-order valence-corrected chi connectivity index (χ3v) is 2.15. The van der Waals surface area contributed by atoms with Crippen LogP contribution in [0.4, 0.5) is 5.69 Å². The molecule has 0 saturated carbocycles. The lowest BCUT2D eigenvalue weighted by Gasteiger charge is -2.03. The number of carbonyl (C=O) groups excluding carboxylic acids is 1. The number of nitrogens with two attached hydrogens (primary N) is 1. The predicted octanol–water partition coefficient (Wildman–Crippen LogP) is 1.58. The third kappa shape index (κ3) is 3.73. The van der Waals surface area contributed by atoms with Crippen LogP contribution in [0.1, 0.15) is 6.42 Å². The lowest BCUT2D eigenvalue weighted by Crippen LogP contribution is -2.16. The zero-order valence-electron chi connectivity index (χ0n) is 7.09. The molecule has 0 aliphatic heterocycles. The molecule has 0 heterocycles. The van der Waals surface area contributed by atoms with Gasteiger partial charge in [0.15, 0.2) is 0 Å². The van der Waals surface area contributed by atoms with Gasteiger partial charge in [-0.3, -0.25) is 4.79 Å². The second-order valence-electron chi connectivity index (χ2n) is 2.60. The summed E-state index contributed by atoms with van der Waals surface area (Å²) in [6.45, 7) is 0.385. The van der Waals surface area contributed by atoms with Crippen LogP contribution in [0.25, 0.3) is 0 Å². The van der Waals surface area contributed by atoms with Crippen molar-refractivity contribution in [3.05, 3.63) is 27.8 Å². The van der Waals surface area contributed by atoms with Crippen molar-refractivity contribution in [1.82, 2.24) is 0 Å². The first-order valence-electron chi connectivity index (χ1n) is 3.98. The monoisotopic (exact) mass is 290 g/mol. The molecule has 1 rings (SSSR count). The Hall–Kier alpha value is -0.620. The molecule has 1 amide bonds. The van der Waals surface area contributed by atoms with E-state index in [0.29, 0.717) is 13.0 Å². The molecule has 3 nitrogen and oxygen atoms in total. The third-order valence-electron chi connectivity index (χ3n) is 1.48. The molecule has 0 spiro atoms. The number of hydrogen-bond donors (Lipinski definition) is 2. The van der Waals surface area contributed by atoms with Crippen LogP contribution in [0.2, 0.25) is 0 Å². The molecule has 0 bridgehead atoms. The number of rotatable bonds is 3. The summed E-state index contributed by atoms with van der Waals surface area (Å²) in [5, 5.41) is 2.76. The van der Waals surface area contributed by atoms with Crippen LogP contribution < -0.4 is 11.1 Å². The van der Waals surface area contributed by atoms with Crippen molar-refractivity contribution >= 4 is 34.2 Å². The summed E-state index contributed by atoms with van der Waals surface area (Å²) >= 11 is 2.20. The molecule has 1 aromatic carbocycles. The first-order valence-corrected chi connectivity index (χ1v) is 5.06. The van der Waals surface area contributed by atoms with Crippen LogP contribution in [0, 0.1) is 3.57 Å². The summed E-state index contributed by atoms with van der Waals surface area (Å²) < 4.78 is 1.10. The van der Waals surface area contributed by atoms with Gasteiger partial charge in [-0.15, -0.1) is 0 Å². The molecular formula is C9H11IN2O.